The Kier molecular flexibility index (Phi) is 6.19. The minimum Gasteiger partial charge on any atom is -0.508 e. The molecule has 0 saturated carbocycles. The molecule has 5 heteroatoms. The zero-order chi connectivity index (χ0) is 18.4. The molecule has 0 aliphatic carbocycles. The van der Waals surface area contributed by atoms with Crippen molar-refractivity contribution in [2.24, 2.45) is 0 Å². The van der Waals surface area contributed by atoms with Crippen molar-refractivity contribution in [2.75, 3.05) is 28.3 Å². The molecule has 1 N–H and O–H groups in total. The van der Waals surface area contributed by atoms with E-state index in [1.165, 1.54) is 13.2 Å². The van der Waals surface area contributed by atoms with Gasteiger partial charge in [0.25, 0.3) is 0 Å². The number of ether oxygens (including phenoxy) is 2. The maximum absolute atomic E-state index is 12.5. The zero-order valence-electron chi connectivity index (χ0n) is 14.9. The molecule has 25 heavy (non-hydrogen) atoms. The van der Waals surface area contributed by atoms with Crippen molar-refractivity contribution in [3.8, 4) is 17.2 Å². The van der Waals surface area contributed by atoms with Crippen LogP contribution < -0.4 is 9.47 Å². The number of ketones is 1. The van der Waals surface area contributed by atoms with Crippen LogP contribution in [0.25, 0.3) is 6.08 Å². The second kappa shape index (κ2) is 8.35. The summed E-state index contributed by atoms with van der Waals surface area (Å²) in [5, 5.41) is 9.92. The van der Waals surface area contributed by atoms with Crippen molar-refractivity contribution in [1.82, 2.24) is 4.90 Å². The van der Waals surface area contributed by atoms with E-state index in [4.69, 9.17) is 9.47 Å². The normalized spacial score (nSPS) is 11.1. The minimum atomic E-state index is -0.182. The Morgan fingerprint density at radius 2 is 1.88 bits per heavy atom. The Bertz CT molecular complexity index is 781. The van der Waals surface area contributed by atoms with Gasteiger partial charge in [-0.3, -0.25) is 4.79 Å². The molecule has 132 valence electrons. The third kappa shape index (κ3) is 4.84. The molecule has 0 fully saturated rings. The van der Waals surface area contributed by atoms with Crippen LogP contribution in [0.15, 0.2) is 42.5 Å². The van der Waals surface area contributed by atoms with E-state index in [1.54, 1.807) is 43.5 Å². The topological polar surface area (TPSA) is 59.0 Å². The highest BCUT2D eigenvalue weighted by Crippen LogP contribution is 2.25. The van der Waals surface area contributed by atoms with Gasteiger partial charge in [-0.1, -0.05) is 12.1 Å². The van der Waals surface area contributed by atoms with Crippen LogP contribution in [0.5, 0.6) is 17.2 Å². The number of hydrogen-bond donors (Lipinski definition) is 1. The Hall–Kier alpha value is -2.79. The molecule has 0 radical (unpaired) electrons. The minimum absolute atomic E-state index is 0.182. The predicted octanol–water partition coefficient (Wildman–Crippen LogP) is 3.37. The third-order valence-electron chi connectivity index (χ3n) is 3.69. The third-order valence-corrected chi connectivity index (χ3v) is 3.69. The molecule has 0 aliphatic heterocycles. The highest BCUT2D eigenvalue weighted by atomic mass is 16.5. The number of nitrogens with zero attached hydrogens (tertiary/aromatic N) is 1. The first-order chi connectivity index (χ1) is 11.9. The van der Waals surface area contributed by atoms with Gasteiger partial charge in [-0.2, -0.15) is 0 Å². The van der Waals surface area contributed by atoms with Gasteiger partial charge in [0, 0.05) is 12.1 Å². The molecule has 0 unspecified atom stereocenters. The number of phenols is 1. The number of rotatable bonds is 7. The number of carbonyl (C=O) groups is 1. The van der Waals surface area contributed by atoms with E-state index >= 15 is 0 Å². The summed E-state index contributed by atoms with van der Waals surface area (Å²) in [6.45, 7) is 0.616. The maximum atomic E-state index is 12.5. The first kappa shape index (κ1) is 18.5. The molecule has 0 bridgehead atoms. The van der Waals surface area contributed by atoms with Crippen molar-refractivity contribution in [3.63, 3.8) is 0 Å². The molecule has 0 heterocycles. The summed E-state index contributed by atoms with van der Waals surface area (Å²) < 4.78 is 10.4. The molecular weight excluding hydrogens is 318 g/mol. The number of phenolic OH excluding ortho intramolecular Hbond substituents is 1. The molecule has 0 atom stereocenters. The summed E-state index contributed by atoms with van der Waals surface area (Å²) in [5.41, 5.74) is 2.08. The van der Waals surface area contributed by atoms with Crippen molar-refractivity contribution >= 4 is 11.9 Å². The molecule has 0 spiro atoms. The van der Waals surface area contributed by atoms with Gasteiger partial charge in [0.15, 0.2) is 5.78 Å². The monoisotopic (exact) mass is 341 g/mol. The Balaban J connectivity index is 2.26. The highest BCUT2D eigenvalue weighted by Gasteiger charge is 2.11. The molecule has 0 aromatic heterocycles. The van der Waals surface area contributed by atoms with E-state index in [-0.39, 0.29) is 11.5 Å². The van der Waals surface area contributed by atoms with Gasteiger partial charge in [0.2, 0.25) is 0 Å². The first-order valence-corrected chi connectivity index (χ1v) is 7.85. The van der Waals surface area contributed by atoms with E-state index in [0.717, 1.165) is 11.1 Å². The van der Waals surface area contributed by atoms with Gasteiger partial charge >= 0.3 is 0 Å². The van der Waals surface area contributed by atoms with Crippen LogP contribution in [0.4, 0.5) is 0 Å². The van der Waals surface area contributed by atoms with Gasteiger partial charge in [-0.05, 0) is 56.1 Å². The molecule has 0 saturated heterocycles. The van der Waals surface area contributed by atoms with Crippen LogP contribution in [-0.4, -0.2) is 44.1 Å². The Morgan fingerprint density at radius 1 is 1.12 bits per heavy atom. The summed E-state index contributed by atoms with van der Waals surface area (Å²) in [5.74, 6) is 1.15. The summed E-state index contributed by atoms with van der Waals surface area (Å²) >= 11 is 0. The lowest BCUT2D eigenvalue weighted by molar-refractivity contribution is 0.104. The fourth-order valence-electron chi connectivity index (χ4n) is 2.44. The lowest BCUT2D eigenvalue weighted by Crippen LogP contribution is -2.10. The van der Waals surface area contributed by atoms with Crippen molar-refractivity contribution in [3.05, 3.63) is 59.2 Å². The lowest BCUT2D eigenvalue weighted by Gasteiger charge is -2.11. The van der Waals surface area contributed by atoms with Gasteiger partial charge in [-0.15, -0.1) is 0 Å². The number of hydrogen-bond acceptors (Lipinski definition) is 5. The standard InChI is InChI=1S/C20H23NO4/c1-21(2)13-15-11-14(5-8-18(15)22)6-9-19(23)17-12-16(24-3)7-10-20(17)25-4/h5-12,22H,13H2,1-4H3/b9-6+. The quantitative estimate of drug-likeness (QED) is 0.618. The average Bonchev–Trinajstić information content (AvgIpc) is 2.61. The maximum Gasteiger partial charge on any atom is 0.189 e. The largest absolute Gasteiger partial charge is 0.508 e. The molecule has 2 aromatic carbocycles. The van der Waals surface area contributed by atoms with Crippen LogP contribution in [0, 0.1) is 0 Å². The lowest BCUT2D eigenvalue weighted by atomic mass is 10.1. The van der Waals surface area contributed by atoms with E-state index in [1.807, 2.05) is 25.1 Å². The van der Waals surface area contributed by atoms with Crippen molar-refractivity contribution in [1.29, 1.82) is 0 Å². The van der Waals surface area contributed by atoms with Crippen molar-refractivity contribution in [2.45, 2.75) is 6.54 Å². The zero-order valence-corrected chi connectivity index (χ0v) is 14.9. The molecule has 0 aliphatic rings. The van der Waals surface area contributed by atoms with Gasteiger partial charge in [0.1, 0.15) is 17.2 Å². The van der Waals surface area contributed by atoms with E-state index in [0.29, 0.717) is 23.6 Å². The number of benzene rings is 2. The summed E-state index contributed by atoms with van der Waals surface area (Å²) in [4.78, 5) is 14.5. The highest BCUT2D eigenvalue weighted by molar-refractivity contribution is 6.08. The Morgan fingerprint density at radius 3 is 2.52 bits per heavy atom. The van der Waals surface area contributed by atoms with Crippen molar-refractivity contribution < 1.29 is 19.4 Å². The van der Waals surface area contributed by atoms with Crippen LogP contribution in [0.2, 0.25) is 0 Å². The van der Waals surface area contributed by atoms with Crippen LogP contribution >= 0.6 is 0 Å². The second-order valence-corrected chi connectivity index (χ2v) is 5.89. The number of allylic oxidation sites excluding steroid dienone is 1. The molecule has 0 amide bonds. The summed E-state index contributed by atoms with van der Waals surface area (Å²) in [7, 11) is 6.94. The second-order valence-electron chi connectivity index (χ2n) is 5.89. The fraction of sp³-hybridized carbons (Fsp3) is 0.250. The molecule has 5 nitrogen and oxygen atoms in total. The van der Waals surface area contributed by atoms with Crippen LogP contribution in [0.3, 0.4) is 0 Å². The van der Waals surface area contributed by atoms with Gasteiger partial charge < -0.3 is 19.5 Å². The number of carbonyl (C=O) groups excluding carboxylic acids is 1. The SMILES string of the molecule is COc1ccc(OC)c(C(=O)/C=C/c2ccc(O)c(CN(C)C)c2)c1. The van der Waals surface area contributed by atoms with Gasteiger partial charge in [0.05, 0.1) is 19.8 Å². The van der Waals surface area contributed by atoms with E-state index in [9.17, 15) is 9.90 Å². The Labute approximate surface area is 148 Å². The van der Waals surface area contributed by atoms with Crippen LogP contribution in [0.1, 0.15) is 21.5 Å². The van der Waals surface area contributed by atoms with E-state index < -0.39 is 0 Å². The van der Waals surface area contributed by atoms with Crippen LogP contribution in [-0.2, 0) is 6.54 Å². The molecular formula is C20H23NO4. The number of methoxy groups -OCH3 is 2. The predicted molar refractivity (Wildman–Crippen MR) is 98.4 cm³/mol. The molecule has 2 aromatic rings. The van der Waals surface area contributed by atoms with Gasteiger partial charge in [-0.25, -0.2) is 0 Å². The average molecular weight is 341 g/mol. The van der Waals surface area contributed by atoms with E-state index in [2.05, 4.69) is 0 Å². The molecule has 2 rings (SSSR count). The number of aromatic hydroxyl groups is 1. The smallest absolute Gasteiger partial charge is 0.189 e. The first-order valence-electron chi connectivity index (χ1n) is 7.85. The summed E-state index contributed by atoms with van der Waals surface area (Å²) in [6.07, 6.45) is 3.21. The summed E-state index contributed by atoms with van der Waals surface area (Å²) in [6, 6.07) is 10.4. The fourth-order valence-corrected chi connectivity index (χ4v) is 2.44.